The van der Waals surface area contributed by atoms with Gasteiger partial charge in [0.25, 0.3) is 0 Å². The number of ketones is 1. The molecule has 2 rings (SSSR count). The third kappa shape index (κ3) is 3.56. The van der Waals surface area contributed by atoms with Crippen LogP contribution in [0.3, 0.4) is 0 Å². The predicted molar refractivity (Wildman–Crippen MR) is 69.1 cm³/mol. The van der Waals surface area contributed by atoms with Crippen LogP contribution in [0.2, 0.25) is 0 Å². The first-order chi connectivity index (χ1) is 8.29. The monoisotopic (exact) mass is 253 g/mol. The molecule has 0 aliphatic heterocycles. The molecule has 1 aliphatic rings. The first-order valence-corrected chi connectivity index (χ1v) is 7.34. The number of aryl methyl sites for hydroxylation is 1. The van der Waals surface area contributed by atoms with Gasteiger partial charge in [-0.05, 0) is 19.8 Å². The second-order valence-electron chi connectivity index (χ2n) is 4.42. The number of hydrogen-bond donors (Lipinski definition) is 0. The molecule has 0 saturated heterocycles. The molecule has 0 bridgehead atoms. The molecule has 1 heterocycles. The molecule has 0 aromatic carbocycles. The first-order valence-electron chi connectivity index (χ1n) is 6.29. The minimum atomic E-state index is 0.268. The molecule has 94 valence electrons. The average molecular weight is 253 g/mol. The number of thioether (sulfide) groups is 1. The van der Waals surface area contributed by atoms with Gasteiger partial charge in [0.15, 0.2) is 0 Å². The summed E-state index contributed by atoms with van der Waals surface area (Å²) in [5, 5.41) is 4.78. The third-order valence-electron chi connectivity index (χ3n) is 3.13. The molecule has 1 aromatic heterocycles. The third-order valence-corrected chi connectivity index (χ3v) is 4.56. The van der Waals surface area contributed by atoms with Crippen molar-refractivity contribution >= 4 is 17.5 Å². The summed E-state index contributed by atoms with van der Waals surface area (Å²) < 4.78 is 1.79. The predicted octanol–water partition coefficient (Wildman–Crippen LogP) is 2.09. The highest BCUT2D eigenvalue weighted by atomic mass is 32.2. The van der Waals surface area contributed by atoms with Crippen LogP contribution in [0, 0.1) is 0 Å². The highest BCUT2D eigenvalue weighted by Gasteiger charge is 2.17. The first kappa shape index (κ1) is 12.6. The van der Waals surface area contributed by atoms with E-state index < -0.39 is 0 Å². The molecule has 1 saturated carbocycles. The van der Waals surface area contributed by atoms with Crippen LogP contribution in [-0.4, -0.2) is 31.6 Å². The number of nitrogens with zero attached hydrogens (tertiary/aromatic N) is 3. The molecule has 17 heavy (non-hydrogen) atoms. The summed E-state index contributed by atoms with van der Waals surface area (Å²) in [7, 11) is 0. The lowest BCUT2D eigenvalue weighted by molar-refractivity contribution is -0.116. The van der Waals surface area contributed by atoms with Gasteiger partial charge >= 0.3 is 0 Å². The van der Waals surface area contributed by atoms with Crippen molar-refractivity contribution in [2.75, 3.05) is 5.75 Å². The van der Waals surface area contributed by atoms with Crippen LogP contribution in [0.5, 0.6) is 0 Å². The summed E-state index contributed by atoms with van der Waals surface area (Å²) in [4.78, 5) is 16.0. The van der Waals surface area contributed by atoms with Crippen molar-refractivity contribution in [3.63, 3.8) is 0 Å². The largest absolute Gasteiger partial charge is 0.298 e. The second-order valence-corrected chi connectivity index (χ2v) is 5.71. The van der Waals surface area contributed by atoms with Gasteiger partial charge in [0.05, 0.1) is 12.2 Å². The maximum Gasteiger partial charge on any atom is 0.150 e. The highest BCUT2D eigenvalue weighted by Crippen LogP contribution is 2.29. The average Bonchev–Trinajstić information content (AvgIpc) is 2.97. The summed E-state index contributed by atoms with van der Waals surface area (Å²) in [6, 6.07) is 0. The van der Waals surface area contributed by atoms with Crippen LogP contribution < -0.4 is 0 Å². The lowest BCUT2D eigenvalue weighted by Gasteiger charge is -2.07. The van der Waals surface area contributed by atoms with Crippen molar-refractivity contribution in [1.29, 1.82) is 0 Å². The van der Waals surface area contributed by atoms with E-state index >= 15 is 0 Å². The molecule has 0 radical (unpaired) electrons. The van der Waals surface area contributed by atoms with Crippen molar-refractivity contribution in [1.82, 2.24) is 14.8 Å². The summed E-state index contributed by atoms with van der Waals surface area (Å²) in [5.41, 5.74) is 0. The lowest BCUT2D eigenvalue weighted by atomic mass is 10.3. The van der Waals surface area contributed by atoms with Crippen LogP contribution >= 0.6 is 11.8 Å². The highest BCUT2D eigenvalue weighted by molar-refractivity contribution is 8.00. The molecule has 0 atom stereocenters. The van der Waals surface area contributed by atoms with Gasteiger partial charge in [0.1, 0.15) is 17.9 Å². The lowest BCUT2D eigenvalue weighted by Crippen LogP contribution is -2.13. The Labute approximate surface area is 106 Å². The molecule has 1 aliphatic carbocycles. The van der Waals surface area contributed by atoms with Gasteiger partial charge in [-0.3, -0.25) is 4.79 Å². The van der Waals surface area contributed by atoms with E-state index in [1.165, 1.54) is 32.0 Å². The van der Waals surface area contributed by atoms with Gasteiger partial charge < -0.3 is 0 Å². The van der Waals surface area contributed by atoms with Gasteiger partial charge in [-0.1, -0.05) is 12.8 Å². The fourth-order valence-electron chi connectivity index (χ4n) is 2.18. The smallest absolute Gasteiger partial charge is 0.150 e. The summed E-state index contributed by atoms with van der Waals surface area (Å²) in [6.45, 7) is 2.79. The Kier molecular flexibility index (Phi) is 4.59. The summed E-state index contributed by atoms with van der Waals surface area (Å²) in [5.74, 6) is 1.69. The molecule has 1 aromatic rings. The topological polar surface area (TPSA) is 47.8 Å². The molecule has 1 fully saturated rings. The van der Waals surface area contributed by atoms with E-state index in [9.17, 15) is 4.79 Å². The Balaban J connectivity index is 1.76. The van der Waals surface area contributed by atoms with Crippen molar-refractivity contribution in [2.24, 2.45) is 0 Å². The Morgan fingerprint density at radius 2 is 2.29 bits per heavy atom. The molecule has 0 spiro atoms. The van der Waals surface area contributed by atoms with Gasteiger partial charge in [0.2, 0.25) is 0 Å². The Hall–Kier alpha value is -0.840. The van der Waals surface area contributed by atoms with Gasteiger partial charge in [-0.15, -0.1) is 0 Å². The fraction of sp³-hybridized carbons (Fsp3) is 0.750. The van der Waals surface area contributed by atoms with Crippen LogP contribution in [0.4, 0.5) is 0 Å². The van der Waals surface area contributed by atoms with Gasteiger partial charge in [-0.25, -0.2) is 9.67 Å². The summed E-state index contributed by atoms with van der Waals surface area (Å²) >= 11 is 1.82. The minimum Gasteiger partial charge on any atom is -0.298 e. The quantitative estimate of drug-likeness (QED) is 0.779. The van der Waals surface area contributed by atoms with Crippen LogP contribution in [0.1, 0.15) is 38.4 Å². The van der Waals surface area contributed by atoms with Crippen molar-refractivity contribution < 1.29 is 4.79 Å². The molecule has 0 unspecified atom stereocenters. The van der Waals surface area contributed by atoms with E-state index in [4.69, 9.17) is 0 Å². The maximum atomic E-state index is 11.8. The summed E-state index contributed by atoms with van der Waals surface area (Å²) in [6.07, 6.45) is 7.17. The van der Waals surface area contributed by atoms with Crippen molar-refractivity contribution in [2.45, 2.75) is 50.8 Å². The second kappa shape index (κ2) is 6.19. The van der Waals surface area contributed by atoms with E-state index in [-0.39, 0.29) is 5.78 Å². The zero-order chi connectivity index (χ0) is 12.1. The van der Waals surface area contributed by atoms with Crippen molar-refractivity contribution in [3.05, 3.63) is 12.2 Å². The molecule has 4 nitrogen and oxygen atoms in total. The van der Waals surface area contributed by atoms with E-state index in [0.717, 1.165) is 12.4 Å². The zero-order valence-electron chi connectivity index (χ0n) is 10.3. The number of rotatable bonds is 6. The van der Waals surface area contributed by atoms with Crippen molar-refractivity contribution in [3.8, 4) is 0 Å². The number of carbonyl (C=O) groups is 1. The van der Waals surface area contributed by atoms with Crippen LogP contribution in [0.25, 0.3) is 0 Å². The number of carbonyl (C=O) groups excluding carboxylic acids is 1. The normalized spacial score (nSPS) is 16.5. The maximum absolute atomic E-state index is 11.8. The molecule has 0 N–H and O–H groups in total. The minimum absolute atomic E-state index is 0.268. The van der Waals surface area contributed by atoms with E-state index in [2.05, 4.69) is 10.1 Å². The van der Waals surface area contributed by atoms with Crippen LogP contribution in [-0.2, 0) is 17.8 Å². The molecule has 0 amide bonds. The zero-order valence-corrected chi connectivity index (χ0v) is 11.1. The van der Waals surface area contributed by atoms with Gasteiger partial charge in [0, 0.05) is 11.8 Å². The van der Waals surface area contributed by atoms with E-state index in [1.54, 1.807) is 4.68 Å². The van der Waals surface area contributed by atoms with E-state index in [0.29, 0.717) is 17.4 Å². The number of aromatic nitrogens is 3. The molecular formula is C12H19N3OS. The molecule has 5 heteroatoms. The number of Topliss-reactive ketones (excluding diaryl/α,β-unsaturated/α-hetero) is 1. The van der Waals surface area contributed by atoms with Crippen LogP contribution in [0.15, 0.2) is 6.33 Å². The Morgan fingerprint density at radius 1 is 1.53 bits per heavy atom. The SMILES string of the molecule is CCn1ncnc1CC(=O)CSC1CCCC1. The standard InChI is InChI=1S/C12H19N3OS/c1-2-15-12(13-9-14-15)7-10(16)8-17-11-5-3-4-6-11/h9,11H,2-8H2,1H3. The Morgan fingerprint density at radius 3 is 3.00 bits per heavy atom. The van der Waals surface area contributed by atoms with Gasteiger partial charge in [-0.2, -0.15) is 16.9 Å². The van der Waals surface area contributed by atoms with E-state index in [1.807, 2.05) is 18.7 Å². The molecular weight excluding hydrogens is 234 g/mol. The number of hydrogen-bond acceptors (Lipinski definition) is 4. The Bertz CT molecular complexity index is 372. The fourth-order valence-corrected chi connectivity index (χ4v) is 3.37.